The van der Waals surface area contributed by atoms with Crippen molar-refractivity contribution in [3.8, 4) is 0 Å². The fourth-order valence-corrected chi connectivity index (χ4v) is 3.64. The first kappa shape index (κ1) is 18.2. The van der Waals surface area contributed by atoms with Crippen LogP contribution in [0.25, 0.3) is 0 Å². The SMILES string of the molecule is O=C(NCCCc1ccccc1)c1ccc(N2CCc3ccccc3C2)nc1. The van der Waals surface area contributed by atoms with Crippen LogP contribution in [0.5, 0.6) is 0 Å². The largest absolute Gasteiger partial charge is 0.352 e. The lowest BCUT2D eigenvalue weighted by molar-refractivity contribution is 0.0953. The smallest absolute Gasteiger partial charge is 0.252 e. The highest BCUT2D eigenvalue weighted by molar-refractivity contribution is 5.94. The Bertz CT molecular complexity index is 922. The normalized spacial score (nSPS) is 13.1. The minimum absolute atomic E-state index is 0.0592. The molecule has 3 aromatic rings. The fraction of sp³-hybridized carbons (Fsp3) is 0.250. The lowest BCUT2D eigenvalue weighted by atomic mass is 10.00. The predicted octanol–water partition coefficient (Wildman–Crippen LogP) is 4.01. The van der Waals surface area contributed by atoms with Crippen LogP contribution in [0.3, 0.4) is 0 Å². The molecular weight excluding hydrogens is 346 g/mol. The van der Waals surface area contributed by atoms with Gasteiger partial charge in [-0.2, -0.15) is 0 Å². The molecule has 142 valence electrons. The van der Waals surface area contributed by atoms with Crippen molar-refractivity contribution >= 4 is 11.7 Å². The lowest BCUT2D eigenvalue weighted by Crippen LogP contribution is -2.31. The molecule has 0 spiro atoms. The lowest BCUT2D eigenvalue weighted by Gasteiger charge is -2.29. The van der Waals surface area contributed by atoms with Gasteiger partial charge in [0.1, 0.15) is 5.82 Å². The van der Waals surface area contributed by atoms with Crippen LogP contribution in [0.15, 0.2) is 72.9 Å². The van der Waals surface area contributed by atoms with Crippen LogP contribution in [-0.2, 0) is 19.4 Å². The number of nitrogens with one attached hydrogen (secondary N) is 1. The number of carbonyl (C=O) groups is 1. The molecule has 4 nitrogen and oxygen atoms in total. The van der Waals surface area contributed by atoms with Crippen LogP contribution in [0.2, 0.25) is 0 Å². The molecule has 1 aromatic heterocycles. The van der Waals surface area contributed by atoms with Crippen molar-refractivity contribution in [1.82, 2.24) is 10.3 Å². The minimum Gasteiger partial charge on any atom is -0.352 e. The Kier molecular flexibility index (Phi) is 5.66. The van der Waals surface area contributed by atoms with E-state index in [1.807, 2.05) is 30.3 Å². The predicted molar refractivity (Wildman–Crippen MR) is 113 cm³/mol. The number of carbonyl (C=O) groups excluding carboxylic acids is 1. The highest BCUT2D eigenvalue weighted by Crippen LogP contribution is 2.22. The zero-order chi connectivity index (χ0) is 19.2. The quantitative estimate of drug-likeness (QED) is 0.666. The van der Waals surface area contributed by atoms with Crippen LogP contribution in [0.1, 0.15) is 33.5 Å². The van der Waals surface area contributed by atoms with E-state index in [0.29, 0.717) is 12.1 Å². The molecule has 2 heterocycles. The number of nitrogens with zero attached hydrogens (tertiary/aromatic N) is 2. The molecule has 0 saturated carbocycles. The Morgan fingerprint density at radius 1 is 0.964 bits per heavy atom. The Labute approximate surface area is 166 Å². The van der Waals surface area contributed by atoms with Gasteiger partial charge in [0.2, 0.25) is 0 Å². The monoisotopic (exact) mass is 371 g/mol. The van der Waals surface area contributed by atoms with Gasteiger partial charge in [-0.3, -0.25) is 4.79 Å². The third kappa shape index (κ3) is 4.39. The maximum atomic E-state index is 12.3. The molecule has 4 rings (SSSR count). The van der Waals surface area contributed by atoms with Gasteiger partial charge in [0.05, 0.1) is 5.56 Å². The molecule has 1 aliphatic heterocycles. The van der Waals surface area contributed by atoms with Crippen molar-refractivity contribution in [3.63, 3.8) is 0 Å². The average Bonchev–Trinajstić information content (AvgIpc) is 2.77. The van der Waals surface area contributed by atoms with Crippen molar-refractivity contribution < 1.29 is 4.79 Å². The molecule has 0 saturated heterocycles. The van der Waals surface area contributed by atoms with Gasteiger partial charge >= 0.3 is 0 Å². The van der Waals surface area contributed by atoms with E-state index in [9.17, 15) is 4.79 Å². The number of hydrogen-bond acceptors (Lipinski definition) is 3. The Morgan fingerprint density at radius 2 is 1.75 bits per heavy atom. The van der Waals surface area contributed by atoms with Crippen molar-refractivity contribution in [2.45, 2.75) is 25.8 Å². The van der Waals surface area contributed by atoms with Crippen molar-refractivity contribution in [2.75, 3.05) is 18.0 Å². The number of rotatable bonds is 6. The number of anilines is 1. The number of aromatic nitrogens is 1. The Morgan fingerprint density at radius 3 is 2.54 bits per heavy atom. The molecule has 2 aromatic carbocycles. The Balaban J connectivity index is 1.29. The van der Waals surface area contributed by atoms with E-state index in [1.54, 1.807) is 6.20 Å². The molecule has 1 amide bonds. The zero-order valence-electron chi connectivity index (χ0n) is 16.0. The van der Waals surface area contributed by atoms with Gasteiger partial charge in [-0.25, -0.2) is 4.98 Å². The molecule has 0 bridgehead atoms. The second kappa shape index (κ2) is 8.70. The first-order valence-electron chi connectivity index (χ1n) is 9.89. The number of fused-ring (bicyclic) bond motifs is 1. The maximum absolute atomic E-state index is 12.3. The number of pyridine rings is 1. The van der Waals surface area contributed by atoms with Crippen molar-refractivity contribution in [1.29, 1.82) is 0 Å². The van der Waals surface area contributed by atoms with E-state index in [4.69, 9.17) is 0 Å². The molecule has 0 aliphatic carbocycles. The molecule has 4 heteroatoms. The topological polar surface area (TPSA) is 45.2 Å². The second-order valence-electron chi connectivity index (χ2n) is 7.19. The van der Waals surface area contributed by atoms with E-state index in [1.165, 1.54) is 16.7 Å². The Hall–Kier alpha value is -3.14. The summed E-state index contributed by atoms with van der Waals surface area (Å²) in [6.07, 6.45) is 4.60. The van der Waals surface area contributed by atoms with Crippen LogP contribution in [-0.4, -0.2) is 24.0 Å². The summed E-state index contributed by atoms with van der Waals surface area (Å²) in [4.78, 5) is 19.1. The molecule has 0 unspecified atom stereocenters. The van der Waals surface area contributed by atoms with Gasteiger partial charge in [0.25, 0.3) is 5.91 Å². The third-order valence-electron chi connectivity index (χ3n) is 5.24. The number of hydrogen-bond donors (Lipinski definition) is 1. The zero-order valence-corrected chi connectivity index (χ0v) is 16.0. The van der Waals surface area contributed by atoms with Gasteiger partial charge in [-0.15, -0.1) is 0 Å². The molecule has 1 aliphatic rings. The van der Waals surface area contributed by atoms with Gasteiger partial charge in [-0.1, -0.05) is 54.6 Å². The van der Waals surface area contributed by atoms with E-state index in [0.717, 1.165) is 38.2 Å². The summed E-state index contributed by atoms with van der Waals surface area (Å²) in [6, 6.07) is 22.7. The van der Waals surface area contributed by atoms with Gasteiger partial charge in [0, 0.05) is 25.8 Å². The summed E-state index contributed by atoms with van der Waals surface area (Å²) < 4.78 is 0. The van der Waals surface area contributed by atoms with Crippen molar-refractivity contribution in [3.05, 3.63) is 95.2 Å². The summed E-state index contributed by atoms with van der Waals surface area (Å²) in [5.74, 6) is 0.867. The minimum atomic E-state index is -0.0592. The average molecular weight is 371 g/mol. The summed E-state index contributed by atoms with van der Waals surface area (Å²) in [6.45, 7) is 2.49. The van der Waals surface area contributed by atoms with Crippen LogP contribution >= 0.6 is 0 Å². The highest BCUT2D eigenvalue weighted by Gasteiger charge is 2.17. The number of amides is 1. The van der Waals surface area contributed by atoms with Crippen LogP contribution < -0.4 is 10.2 Å². The molecule has 28 heavy (non-hydrogen) atoms. The van der Waals surface area contributed by atoms with E-state index in [2.05, 4.69) is 51.6 Å². The summed E-state index contributed by atoms with van der Waals surface area (Å²) in [5, 5.41) is 2.99. The maximum Gasteiger partial charge on any atom is 0.252 e. The fourth-order valence-electron chi connectivity index (χ4n) is 3.64. The van der Waals surface area contributed by atoms with Gasteiger partial charge < -0.3 is 10.2 Å². The van der Waals surface area contributed by atoms with E-state index in [-0.39, 0.29) is 5.91 Å². The molecule has 0 radical (unpaired) electrons. The van der Waals surface area contributed by atoms with Crippen molar-refractivity contribution in [2.24, 2.45) is 0 Å². The molecular formula is C24H25N3O. The molecule has 0 atom stereocenters. The van der Waals surface area contributed by atoms with Crippen LogP contribution in [0, 0.1) is 0 Å². The standard InChI is InChI=1S/C24H25N3O/c28-24(25-15-6-9-19-7-2-1-3-8-19)21-12-13-23(26-17-21)27-16-14-20-10-4-5-11-22(20)18-27/h1-5,7-8,10-13,17H,6,9,14-16,18H2,(H,25,28). The molecule has 1 N–H and O–H groups in total. The third-order valence-corrected chi connectivity index (χ3v) is 5.24. The van der Waals surface area contributed by atoms with E-state index >= 15 is 0 Å². The van der Waals surface area contributed by atoms with Crippen LogP contribution in [0.4, 0.5) is 5.82 Å². The second-order valence-corrected chi connectivity index (χ2v) is 7.19. The van der Waals surface area contributed by atoms with Gasteiger partial charge in [-0.05, 0) is 48.1 Å². The first-order valence-corrected chi connectivity index (χ1v) is 9.89. The molecule has 0 fully saturated rings. The first-order chi connectivity index (χ1) is 13.8. The summed E-state index contributed by atoms with van der Waals surface area (Å²) in [5.41, 5.74) is 4.69. The number of benzene rings is 2. The summed E-state index contributed by atoms with van der Waals surface area (Å²) in [7, 11) is 0. The summed E-state index contributed by atoms with van der Waals surface area (Å²) >= 11 is 0. The number of aryl methyl sites for hydroxylation is 1. The van der Waals surface area contributed by atoms with E-state index < -0.39 is 0 Å². The highest BCUT2D eigenvalue weighted by atomic mass is 16.1. The van der Waals surface area contributed by atoms with Gasteiger partial charge in [0.15, 0.2) is 0 Å².